The minimum absolute atomic E-state index is 0.607. The third-order valence-corrected chi connectivity index (χ3v) is 9.87. The van der Waals surface area contributed by atoms with Crippen molar-refractivity contribution in [1.29, 1.82) is 5.26 Å². The van der Waals surface area contributed by atoms with Crippen molar-refractivity contribution in [2.75, 3.05) is 0 Å². The molecule has 0 atom stereocenters. The molecule has 0 fully saturated rings. The number of rotatable bonds is 5. The summed E-state index contributed by atoms with van der Waals surface area (Å²) in [6.45, 7) is 0. The minimum atomic E-state index is 0.607. The first-order valence-electron chi connectivity index (χ1n) is 17.2. The van der Waals surface area contributed by atoms with Crippen LogP contribution in [0.3, 0.4) is 0 Å². The average molecular weight is 665 g/mol. The molecule has 0 aliphatic carbocycles. The van der Waals surface area contributed by atoms with Crippen molar-refractivity contribution >= 4 is 43.7 Å². The lowest BCUT2D eigenvalue weighted by Crippen LogP contribution is -1.99. The van der Waals surface area contributed by atoms with E-state index in [0.717, 1.165) is 77.9 Å². The highest BCUT2D eigenvalue weighted by molar-refractivity contribution is 6.11. The molecular weight excluding hydrogens is 637 g/mol. The van der Waals surface area contributed by atoms with E-state index in [-0.39, 0.29) is 0 Å². The van der Waals surface area contributed by atoms with Crippen LogP contribution in [0.2, 0.25) is 0 Å². The molecule has 0 saturated heterocycles. The second kappa shape index (κ2) is 11.9. The van der Waals surface area contributed by atoms with E-state index in [2.05, 4.69) is 108 Å². The van der Waals surface area contributed by atoms with Crippen molar-refractivity contribution in [1.82, 2.24) is 14.5 Å². The predicted octanol–water partition coefficient (Wildman–Crippen LogP) is 12.0. The summed E-state index contributed by atoms with van der Waals surface area (Å²) in [7, 11) is 0. The Morgan fingerprint density at radius 1 is 0.462 bits per heavy atom. The summed E-state index contributed by atoms with van der Waals surface area (Å²) in [6.07, 6.45) is 0. The van der Waals surface area contributed by atoms with Gasteiger partial charge in [0.2, 0.25) is 0 Å². The maximum absolute atomic E-state index is 10.5. The number of aromatic nitrogens is 3. The third kappa shape index (κ3) is 4.78. The Balaban J connectivity index is 1.17. The van der Waals surface area contributed by atoms with Gasteiger partial charge in [-0.25, -0.2) is 9.97 Å². The van der Waals surface area contributed by atoms with Gasteiger partial charge in [-0.1, -0.05) is 109 Å². The number of nitriles is 1. The van der Waals surface area contributed by atoms with Gasteiger partial charge < -0.3 is 8.98 Å². The molecule has 0 saturated carbocycles. The maximum Gasteiger partial charge on any atom is 0.160 e. The summed E-state index contributed by atoms with van der Waals surface area (Å²) < 4.78 is 8.67. The van der Waals surface area contributed by atoms with Crippen LogP contribution in [0.25, 0.3) is 94.5 Å². The van der Waals surface area contributed by atoms with Gasteiger partial charge in [0.25, 0.3) is 0 Å². The number of nitrogens with zero attached hydrogens (tertiary/aromatic N) is 4. The predicted molar refractivity (Wildman–Crippen MR) is 210 cm³/mol. The molecule has 0 radical (unpaired) electrons. The Morgan fingerprint density at radius 2 is 1.02 bits per heavy atom. The van der Waals surface area contributed by atoms with Crippen molar-refractivity contribution in [2.24, 2.45) is 0 Å². The Labute approximate surface area is 299 Å². The molecule has 0 aliphatic rings. The lowest BCUT2D eigenvalue weighted by atomic mass is 9.96. The minimum Gasteiger partial charge on any atom is -0.456 e. The van der Waals surface area contributed by atoms with Crippen molar-refractivity contribution < 1.29 is 4.42 Å². The van der Waals surface area contributed by atoms with Crippen LogP contribution in [0.15, 0.2) is 174 Å². The van der Waals surface area contributed by atoms with Crippen LogP contribution in [0, 0.1) is 11.3 Å². The molecule has 10 aromatic rings. The fourth-order valence-electron chi connectivity index (χ4n) is 7.47. The molecule has 0 aliphatic heterocycles. The van der Waals surface area contributed by atoms with E-state index in [0.29, 0.717) is 11.4 Å². The summed E-state index contributed by atoms with van der Waals surface area (Å²) in [6, 6.07) is 60.1. The van der Waals surface area contributed by atoms with E-state index in [4.69, 9.17) is 14.4 Å². The smallest absolute Gasteiger partial charge is 0.160 e. The Kier molecular flexibility index (Phi) is 6.80. The van der Waals surface area contributed by atoms with Crippen LogP contribution in [0.1, 0.15) is 5.56 Å². The van der Waals surface area contributed by atoms with Crippen molar-refractivity contribution in [2.45, 2.75) is 0 Å². The van der Waals surface area contributed by atoms with Gasteiger partial charge in [-0.15, -0.1) is 0 Å². The lowest BCUT2D eigenvalue weighted by Gasteiger charge is -2.15. The first-order chi connectivity index (χ1) is 25.7. The summed E-state index contributed by atoms with van der Waals surface area (Å²) in [5.41, 5.74) is 11.7. The molecule has 52 heavy (non-hydrogen) atoms. The standard InChI is InChI=1S/C47H28N4O/c48-29-34-16-11-21-43(51-41-19-9-7-17-35(41)36-18-8-10-20-42(36)51)46(34)33-23-25-45-38(27-33)37-26-32(22-24-44(37)52-45)40-28-39(30-12-3-1-4-13-30)49-47(50-40)31-14-5-2-6-15-31/h1-28H. The van der Waals surface area contributed by atoms with Crippen LogP contribution >= 0.6 is 0 Å². The van der Waals surface area contributed by atoms with E-state index < -0.39 is 0 Å². The van der Waals surface area contributed by atoms with Crippen molar-refractivity contribution in [3.05, 3.63) is 175 Å². The highest BCUT2D eigenvalue weighted by Gasteiger charge is 2.20. The number of hydrogen-bond donors (Lipinski definition) is 0. The molecule has 5 nitrogen and oxygen atoms in total. The second-order valence-corrected chi connectivity index (χ2v) is 12.9. The Hall–Kier alpha value is -7.29. The lowest BCUT2D eigenvalue weighted by molar-refractivity contribution is 0.669. The zero-order valence-corrected chi connectivity index (χ0v) is 27.9. The number of furan rings is 1. The number of para-hydroxylation sites is 2. The van der Waals surface area contributed by atoms with E-state index in [9.17, 15) is 5.26 Å². The maximum atomic E-state index is 10.5. The second-order valence-electron chi connectivity index (χ2n) is 12.9. The van der Waals surface area contributed by atoms with Crippen LogP contribution in [-0.4, -0.2) is 14.5 Å². The third-order valence-electron chi connectivity index (χ3n) is 9.87. The fraction of sp³-hybridized carbons (Fsp3) is 0. The summed E-state index contributed by atoms with van der Waals surface area (Å²) in [5.74, 6) is 0.669. The van der Waals surface area contributed by atoms with Gasteiger partial charge >= 0.3 is 0 Å². The number of fused-ring (bicyclic) bond motifs is 6. The van der Waals surface area contributed by atoms with Crippen LogP contribution in [0.4, 0.5) is 0 Å². The molecule has 5 heteroatoms. The number of benzene rings is 7. The largest absolute Gasteiger partial charge is 0.456 e. The molecule has 10 rings (SSSR count). The van der Waals surface area contributed by atoms with Crippen molar-refractivity contribution in [3.8, 4) is 56.8 Å². The molecule has 7 aromatic carbocycles. The van der Waals surface area contributed by atoms with Gasteiger partial charge in [0.15, 0.2) is 5.82 Å². The Bertz CT molecular complexity index is 2910. The molecule has 0 unspecified atom stereocenters. The fourth-order valence-corrected chi connectivity index (χ4v) is 7.47. The molecule has 0 bridgehead atoms. The Morgan fingerprint density at radius 3 is 1.67 bits per heavy atom. The SMILES string of the molecule is N#Cc1cccc(-n2c3ccccc3c3ccccc32)c1-c1ccc2oc3ccc(-c4cc(-c5ccccc5)nc(-c5ccccc5)n4)cc3c2c1. The average Bonchev–Trinajstić information content (AvgIpc) is 3.76. The first-order valence-corrected chi connectivity index (χ1v) is 17.2. The number of hydrogen-bond acceptors (Lipinski definition) is 4. The topological polar surface area (TPSA) is 67.6 Å². The van der Waals surface area contributed by atoms with Gasteiger partial charge in [0.1, 0.15) is 11.2 Å². The van der Waals surface area contributed by atoms with Gasteiger partial charge in [0, 0.05) is 43.8 Å². The molecule has 0 amide bonds. The van der Waals surface area contributed by atoms with Gasteiger partial charge in [0.05, 0.1) is 39.7 Å². The molecule has 3 heterocycles. The quantitative estimate of drug-likeness (QED) is 0.184. The summed E-state index contributed by atoms with van der Waals surface area (Å²) in [4.78, 5) is 10.0. The van der Waals surface area contributed by atoms with Crippen LogP contribution in [-0.2, 0) is 0 Å². The van der Waals surface area contributed by atoms with Crippen molar-refractivity contribution in [3.63, 3.8) is 0 Å². The van der Waals surface area contributed by atoms with Gasteiger partial charge in [-0.3, -0.25) is 0 Å². The highest BCUT2D eigenvalue weighted by Crippen LogP contribution is 2.40. The van der Waals surface area contributed by atoms with Gasteiger partial charge in [-0.05, 0) is 66.2 Å². The molecular formula is C47H28N4O. The molecule has 0 N–H and O–H groups in total. The molecule has 0 spiro atoms. The van der Waals surface area contributed by atoms with Crippen LogP contribution in [0.5, 0.6) is 0 Å². The summed E-state index contributed by atoms with van der Waals surface area (Å²) in [5, 5.41) is 14.7. The van der Waals surface area contributed by atoms with Gasteiger partial charge in [-0.2, -0.15) is 5.26 Å². The van der Waals surface area contributed by atoms with E-state index in [1.807, 2.05) is 72.8 Å². The zero-order chi connectivity index (χ0) is 34.6. The van der Waals surface area contributed by atoms with E-state index >= 15 is 0 Å². The first kappa shape index (κ1) is 29.6. The molecule has 3 aromatic heterocycles. The highest BCUT2D eigenvalue weighted by atomic mass is 16.3. The monoisotopic (exact) mass is 664 g/mol. The summed E-state index contributed by atoms with van der Waals surface area (Å²) >= 11 is 0. The molecule has 242 valence electrons. The van der Waals surface area contributed by atoms with Crippen LogP contribution < -0.4 is 0 Å². The zero-order valence-electron chi connectivity index (χ0n) is 27.9. The van der Waals surface area contributed by atoms with E-state index in [1.165, 1.54) is 10.8 Å². The van der Waals surface area contributed by atoms with E-state index in [1.54, 1.807) is 0 Å². The normalized spacial score (nSPS) is 11.4.